The van der Waals surface area contributed by atoms with Crippen molar-refractivity contribution in [3.8, 4) is 11.6 Å². The topological polar surface area (TPSA) is 27.1 Å². The van der Waals surface area contributed by atoms with Crippen LogP contribution in [0.15, 0.2) is 30.3 Å². The molecule has 0 N–H and O–H groups in total. The molecule has 2 rings (SSSR count). The Labute approximate surface area is 99.6 Å². The zero-order chi connectivity index (χ0) is 11.5. The van der Waals surface area contributed by atoms with E-state index in [2.05, 4.69) is 5.10 Å². The largest absolute Gasteiger partial charge is 0.439 e. The molecule has 16 heavy (non-hydrogen) atoms. The summed E-state index contributed by atoms with van der Waals surface area (Å²) in [5, 5.41) is 4.29. The Bertz CT molecular complexity index is 479. The Balaban J connectivity index is 2.34. The van der Waals surface area contributed by atoms with Gasteiger partial charge in [0.15, 0.2) is 0 Å². The lowest BCUT2D eigenvalue weighted by Gasteiger charge is -2.06. The van der Waals surface area contributed by atoms with Gasteiger partial charge in [0.25, 0.3) is 0 Å². The van der Waals surface area contributed by atoms with Crippen molar-refractivity contribution in [1.29, 1.82) is 0 Å². The first-order chi connectivity index (χ1) is 7.72. The number of rotatable bonds is 3. The lowest BCUT2D eigenvalue weighted by atomic mass is 10.3. The zero-order valence-electron chi connectivity index (χ0n) is 9.27. The SMILES string of the molecule is Cc1nn(C)c(Oc2ccccc2)c1CCl. The third-order valence-electron chi connectivity index (χ3n) is 2.38. The Kier molecular flexibility index (Phi) is 3.15. The van der Waals surface area contributed by atoms with Crippen molar-refractivity contribution in [2.75, 3.05) is 0 Å². The van der Waals surface area contributed by atoms with Crippen LogP contribution in [-0.4, -0.2) is 9.78 Å². The van der Waals surface area contributed by atoms with Crippen LogP contribution in [0.5, 0.6) is 11.6 Å². The van der Waals surface area contributed by atoms with Crippen LogP contribution in [0.4, 0.5) is 0 Å². The summed E-state index contributed by atoms with van der Waals surface area (Å²) in [6.45, 7) is 1.93. The Hall–Kier alpha value is -1.48. The first-order valence-electron chi connectivity index (χ1n) is 5.03. The van der Waals surface area contributed by atoms with Crippen LogP contribution >= 0.6 is 11.6 Å². The maximum Gasteiger partial charge on any atom is 0.222 e. The van der Waals surface area contributed by atoms with Gasteiger partial charge in [0.1, 0.15) is 5.75 Å². The van der Waals surface area contributed by atoms with E-state index in [1.807, 2.05) is 44.3 Å². The average Bonchev–Trinajstić information content (AvgIpc) is 2.55. The van der Waals surface area contributed by atoms with Gasteiger partial charge >= 0.3 is 0 Å². The van der Waals surface area contributed by atoms with Gasteiger partial charge in [-0.25, -0.2) is 4.68 Å². The molecule has 0 unspecified atom stereocenters. The normalized spacial score (nSPS) is 10.4. The van der Waals surface area contributed by atoms with E-state index < -0.39 is 0 Å². The van der Waals surface area contributed by atoms with Crippen LogP contribution in [0.25, 0.3) is 0 Å². The highest BCUT2D eigenvalue weighted by atomic mass is 35.5. The van der Waals surface area contributed by atoms with Gasteiger partial charge in [-0.2, -0.15) is 5.10 Å². The summed E-state index contributed by atoms with van der Waals surface area (Å²) < 4.78 is 7.48. The third-order valence-corrected chi connectivity index (χ3v) is 2.65. The van der Waals surface area contributed by atoms with Gasteiger partial charge in [0.05, 0.1) is 17.1 Å². The van der Waals surface area contributed by atoms with E-state index >= 15 is 0 Å². The average molecular weight is 237 g/mol. The molecule has 2 aromatic rings. The quantitative estimate of drug-likeness (QED) is 0.765. The summed E-state index contributed by atoms with van der Waals surface area (Å²) in [4.78, 5) is 0. The molecule has 0 spiro atoms. The van der Waals surface area contributed by atoms with Crippen molar-refractivity contribution in [1.82, 2.24) is 9.78 Å². The number of hydrogen-bond acceptors (Lipinski definition) is 2. The number of nitrogens with zero attached hydrogens (tertiary/aromatic N) is 2. The maximum absolute atomic E-state index is 5.88. The Morgan fingerprint density at radius 3 is 2.62 bits per heavy atom. The number of ether oxygens (including phenoxy) is 1. The van der Waals surface area contributed by atoms with Gasteiger partial charge in [-0.15, -0.1) is 11.6 Å². The minimum Gasteiger partial charge on any atom is -0.439 e. The second kappa shape index (κ2) is 4.58. The molecule has 0 atom stereocenters. The van der Waals surface area contributed by atoms with Crippen LogP contribution in [0.2, 0.25) is 0 Å². The van der Waals surface area contributed by atoms with Crippen LogP contribution < -0.4 is 4.74 Å². The first-order valence-corrected chi connectivity index (χ1v) is 5.57. The number of halogens is 1. The summed E-state index contributed by atoms with van der Waals surface area (Å²) in [5.74, 6) is 1.90. The van der Waals surface area contributed by atoms with E-state index in [-0.39, 0.29) is 0 Å². The summed E-state index contributed by atoms with van der Waals surface area (Å²) >= 11 is 5.88. The highest BCUT2D eigenvalue weighted by molar-refractivity contribution is 6.17. The lowest BCUT2D eigenvalue weighted by molar-refractivity contribution is 0.427. The molecule has 0 aliphatic heterocycles. The number of alkyl halides is 1. The van der Waals surface area contributed by atoms with Crippen molar-refractivity contribution >= 4 is 11.6 Å². The monoisotopic (exact) mass is 236 g/mol. The van der Waals surface area contributed by atoms with Crippen molar-refractivity contribution in [2.45, 2.75) is 12.8 Å². The fraction of sp³-hybridized carbons (Fsp3) is 0.250. The lowest BCUT2D eigenvalue weighted by Crippen LogP contribution is -1.96. The molecule has 0 amide bonds. The smallest absolute Gasteiger partial charge is 0.222 e. The number of hydrogen-bond donors (Lipinski definition) is 0. The molecule has 1 heterocycles. The van der Waals surface area contributed by atoms with E-state index in [1.165, 1.54) is 0 Å². The third kappa shape index (κ3) is 2.04. The number of para-hydroxylation sites is 1. The summed E-state index contributed by atoms with van der Waals surface area (Å²) in [7, 11) is 1.85. The molecule has 4 heteroatoms. The minimum absolute atomic E-state index is 0.405. The molecule has 1 aromatic carbocycles. The van der Waals surface area contributed by atoms with Crippen LogP contribution in [-0.2, 0) is 12.9 Å². The number of aromatic nitrogens is 2. The molecular weight excluding hydrogens is 224 g/mol. The molecule has 0 saturated carbocycles. The molecular formula is C12H13ClN2O. The molecule has 0 bridgehead atoms. The van der Waals surface area contributed by atoms with Crippen molar-refractivity contribution < 1.29 is 4.74 Å². The fourth-order valence-corrected chi connectivity index (χ4v) is 1.87. The minimum atomic E-state index is 0.405. The van der Waals surface area contributed by atoms with Gasteiger partial charge in [0, 0.05) is 7.05 Å². The second-order valence-electron chi connectivity index (χ2n) is 3.54. The van der Waals surface area contributed by atoms with Gasteiger partial charge in [0.2, 0.25) is 5.88 Å². The Morgan fingerprint density at radius 1 is 1.31 bits per heavy atom. The molecule has 0 aliphatic rings. The van der Waals surface area contributed by atoms with Crippen molar-refractivity contribution in [3.05, 3.63) is 41.6 Å². The van der Waals surface area contributed by atoms with Gasteiger partial charge < -0.3 is 4.74 Å². The molecule has 0 radical (unpaired) electrons. The number of benzene rings is 1. The van der Waals surface area contributed by atoms with E-state index in [9.17, 15) is 0 Å². The van der Waals surface area contributed by atoms with E-state index in [0.29, 0.717) is 11.8 Å². The van der Waals surface area contributed by atoms with E-state index in [4.69, 9.17) is 16.3 Å². The Morgan fingerprint density at radius 2 is 2.00 bits per heavy atom. The summed E-state index contributed by atoms with van der Waals surface area (Å²) in [6, 6.07) is 9.61. The van der Waals surface area contributed by atoms with E-state index in [1.54, 1.807) is 4.68 Å². The van der Waals surface area contributed by atoms with Gasteiger partial charge in [-0.05, 0) is 19.1 Å². The second-order valence-corrected chi connectivity index (χ2v) is 3.81. The molecule has 0 saturated heterocycles. The van der Waals surface area contributed by atoms with Crippen LogP contribution in [0, 0.1) is 6.92 Å². The van der Waals surface area contributed by atoms with Crippen molar-refractivity contribution in [2.24, 2.45) is 7.05 Å². The molecule has 1 aromatic heterocycles. The van der Waals surface area contributed by atoms with Crippen LogP contribution in [0.3, 0.4) is 0 Å². The number of aryl methyl sites for hydroxylation is 2. The van der Waals surface area contributed by atoms with Gasteiger partial charge in [-0.1, -0.05) is 18.2 Å². The highest BCUT2D eigenvalue weighted by Crippen LogP contribution is 2.27. The van der Waals surface area contributed by atoms with Crippen molar-refractivity contribution in [3.63, 3.8) is 0 Å². The van der Waals surface area contributed by atoms with Gasteiger partial charge in [-0.3, -0.25) is 0 Å². The van der Waals surface area contributed by atoms with E-state index in [0.717, 1.165) is 17.0 Å². The predicted molar refractivity (Wildman–Crippen MR) is 64.0 cm³/mol. The molecule has 84 valence electrons. The molecule has 0 fully saturated rings. The summed E-state index contributed by atoms with van der Waals surface area (Å²) in [5.41, 5.74) is 1.84. The highest BCUT2D eigenvalue weighted by Gasteiger charge is 2.14. The maximum atomic E-state index is 5.88. The fourth-order valence-electron chi connectivity index (χ4n) is 1.56. The summed E-state index contributed by atoms with van der Waals surface area (Å²) in [6.07, 6.45) is 0. The first kappa shape index (κ1) is 11.0. The standard InChI is InChI=1S/C12H13ClN2O/c1-9-11(8-13)12(15(2)14-9)16-10-6-4-3-5-7-10/h3-7H,8H2,1-2H3. The molecule has 3 nitrogen and oxygen atoms in total. The van der Waals surface area contributed by atoms with Crippen LogP contribution in [0.1, 0.15) is 11.3 Å². The zero-order valence-corrected chi connectivity index (χ0v) is 10.0. The molecule has 0 aliphatic carbocycles. The predicted octanol–water partition coefficient (Wildman–Crippen LogP) is 3.26.